The van der Waals surface area contributed by atoms with Crippen molar-refractivity contribution >= 4 is 21.9 Å². The topological polar surface area (TPSA) is 35.5 Å². The molecular formula is C20H19BrO3. The Bertz CT molecular complexity index is 695. The van der Waals surface area contributed by atoms with Gasteiger partial charge in [-0.1, -0.05) is 52.3 Å². The van der Waals surface area contributed by atoms with E-state index in [1.54, 1.807) is 12.1 Å². The molecule has 3 nitrogen and oxygen atoms in total. The fourth-order valence-electron chi connectivity index (χ4n) is 2.57. The molecule has 0 fully saturated rings. The predicted octanol–water partition coefficient (Wildman–Crippen LogP) is 4.91. The molecule has 1 aliphatic rings. The van der Waals surface area contributed by atoms with Gasteiger partial charge in [-0.25, -0.2) is 4.79 Å². The van der Waals surface area contributed by atoms with Crippen LogP contribution in [0, 0.1) is 0 Å². The summed E-state index contributed by atoms with van der Waals surface area (Å²) in [5.41, 5.74) is 1.73. The van der Waals surface area contributed by atoms with E-state index in [-0.39, 0.29) is 18.2 Å². The fraction of sp³-hybridized carbons (Fsp3) is 0.250. The highest BCUT2D eigenvalue weighted by Gasteiger charge is 2.20. The van der Waals surface area contributed by atoms with Crippen LogP contribution in [0.15, 0.2) is 71.2 Å². The van der Waals surface area contributed by atoms with Crippen molar-refractivity contribution in [1.82, 2.24) is 0 Å². The van der Waals surface area contributed by atoms with Gasteiger partial charge in [0.1, 0.15) is 6.10 Å². The Morgan fingerprint density at radius 1 is 0.958 bits per heavy atom. The summed E-state index contributed by atoms with van der Waals surface area (Å²) in [7, 11) is 0. The van der Waals surface area contributed by atoms with E-state index in [0.29, 0.717) is 12.2 Å². The summed E-state index contributed by atoms with van der Waals surface area (Å²) in [4.78, 5) is 12.1. The van der Waals surface area contributed by atoms with Gasteiger partial charge in [0.15, 0.2) is 0 Å². The predicted molar refractivity (Wildman–Crippen MR) is 96.7 cm³/mol. The molecule has 0 N–H and O–H groups in total. The summed E-state index contributed by atoms with van der Waals surface area (Å²) in [6.07, 6.45) is 5.44. The number of carbonyl (C=O) groups excluding carboxylic acids is 1. The van der Waals surface area contributed by atoms with Crippen LogP contribution < -0.4 is 0 Å². The standard InChI is InChI=1S/C20H19BrO3/c21-17-8-6-16(7-9-17)20(22)24-19-12-10-18(11-13-19)23-14-15-4-2-1-3-5-15/h1-10,12,18-19H,11,13-14H2/t18-,19-/m1/s1. The van der Waals surface area contributed by atoms with E-state index in [2.05, 4.69) is 28.1 Å². The number of esters is 1. The first-order valence-corrected chi connectivity index (χ1v) is 8.80. The van der Waals surface area contributed by atoms with Gasteiger partial charge in [0, 0.05) is 4.47 Å². The Hall–Kier alpha value is -1.91. The first kappa shape index (κ1) is 16.9. The van der Waals surface area contributed by atoms with E-state index >= 15 is 0 Å². The highest BCUT2D eigenvalue weighted by Crippen LogP contribution is 2.20. The van der Waals surface area contributed by atoms with Gasteiger partial charge in [0.25, 0.3) is 0 Å². The highest BCUT2D eigenvalue weighted by molar-refractivity contribution is 9.10. The minimum absolute atomic E-state index is 0.0767. The minimum Gasteiger partial charge on any atom is -0.455 e. The van der Waals surface area contributed by atoms with Gasteiger partial charge < -0.3 is 9.47 Å². The molecule has 2 atom stereocenters. The van der Waals surface area contributed by atoms with Crippen LogP contribution in [0.5, 0.6) is 0 Å². The van der Waals surface area contributed by atoms with Crippen LogP contribution >= 0.6 is 15.9 Å². The van der Waals surface area contributed by atoms with Crippen molar-refractivity contribution in [3.8, 4) is 0 Å². The molecule has 0 spiro atoms. The van der Waals surface area contributed by atoms with Crippen molar-refractivity contribution in [3.63, 3.8) is 0 Å². The number of hydrogen-bond donors (Lipinski definition) is 0. The fourth-order valence-corrected chi connectivity index (χ4v) is 2.84. The van der Waals surface area contributed by atoms with E-state index < -0.39 is 0 Å². The summed E-state index contributed by atoms with van der Waals surface area (Å²) in [6.45, 7) is 0.596. The van der Waals surface area contributed by atoms with E-state index in [1.165, 1.54) is 0 Å². The Labute approximate surface area is 150 Å². The normalized spacial score (nSPS) is 19.9. The zero-order valence-electron chi connectivity index (χ0n) is 13.2. The molecule has 0 aliphatic heterocycles. The number of benzene rings is 2. The van der Waals surface area contributed by atoms with Crippen LogP contribution in [0.2, 0.25) is 0 Å². The van der Waals surface area contributed by atoms with E-state index in [4.69, 9.17) is 9.47 Å². The van der Waals surface area contributed by atoms with Crippen molar-refractivity contribution in [3.05, 3.63) is 82.3 Å². The third-order valence-corrected chi connectivity index (χ3v) is 4.45. The lowest BCUT2D eigenvalue weighted by Crippen LogP contribution is -2.23. The van der Waals surface area contributed by atoms with Crippen molar-refractivity contribution in [2.24, 2.45) is 0 Å². The molecule has 0 bridgehead atoms. The summed E-state index contributed by atoms with van der Waals surface area (Å²) in [5.74, 6) is -0.291. The average molecular weight is 387 g/mol. The summed E-state index contributed by atoms with van der Waals surface area (Å²) < 4.78 is 12.4. The van der Waals surface area contributed by atoms with Crippen molar-refractivity contribution in [1.29, 1.82) is 0 Å². The van der Waals surface area contributed by atoms with Gasteiger partial charge in [-0.15, -0.1) is 0 Å². The maximum absolute atomic E-state index is 12.1. The largest absolute Gasteiger partial charge is 0.455 e. The number of halogens is 1. The van der Waals surface area contributed by atoms with E-state index in [9.17, 15) is 4.79 Å². The Balaban J connectivity index is 1.48. The van der Waals surface area contributed by atoms with E-state index in [1.807, 2.05) is 42.5 Å². The molecule has 2 aromatic rings. The first-order valence-electron chi connectivity index (χ1n) is 8.01. The smallest absolute Gasteiger partial charge is 0.338 e. The van der Waals surface area contributed by atoms with Crippen molar-refractivity contribution < 1.29 is 14.3 Å². The molecule has 0 saturated carbocycles. The molecule has 0 heterocycles. The summed E-state index contributed by atoms with van der Waals surface area (Å²) in [6, 6.07) is 17.3. The molecule has 24 heavy (non-hydrogen) atoms. The lowest BCUT2D eigenvalue weighted by molar-refractivity contribution is 0.0226. The third-order valence-electron chi connectivity index (χ3n) is 3.92. The van der Waals surface area contributed by atoms with Crippen LogP contribution in [0.4, 0.5) is 0 Å². The second-order valence-electron chi connectivity index (χ2n) is 5.75. The maximum Gasteiger partial charge on any atom is 0.338 e. The third kappa shape index (κ3) is 4.79. The molecule has 1 aliphatic carbocycles. The quantitative estimate of drug-likeness (QED) is 0.540. The lowest BCUT2D eigenvalue weighted by atomic mass is 10.0. The Morgan fingerprint density at radius 3 is 2.29 bits per heavy atom. The van der Waals surface area contributed by atoms with Gasteiger partial charge in [-0.2, -0.15) is 0 Å². The summed E-state index contributed by atoms with van der Waals surface area (Å²) >= 11 is 3.35. The van der Waals surface area contributed by atoms with Crippen LogP contribution in [-0.2, 0) is 16.1 Å². The molecule has 0 aromatic heterocycles. The molecule has 4 heteroatoms. The van der Waals surface area contributed by atoms with Gasteiger partial charge >= 0.3 is 5.97 Å². The molecule has 0 unspecified atom stereocenters. The molecule has 2 aromatic carbocycles. The Morgan fingerprint density at radius 2 is 1.62 bits per heavy atom. The molecule has 0 radical (unpaired) electrons. The number of rotatable bonds is 5. The first-order chi connectivity index (χ1) is 11.7. The van der Waals surface area contributed by atoms with Crippen LogP contribution in [0.25, 0.3) is 0 Å². The molecule has 124 valence electrons. The molecule has 0 saturated heterocycles. The number of ether oxygens (including phenoxy) is 2. The summed E-state index contributed by atoms with van der Waals surface area (Å²) in [5, 5.41) is 0. The van der Waals surface area contributed by atoms with E-state index in [0.717, 1.165) is 22.9 Å². The second kappa shape index (κ2) is 8.27. The van der Waals surface area contributed by atoms with Gasteiger partial charge in [-0.3, -0.25) is 0 Å². The lowest BCUT2D eigenvalue weighted by Gasteiger charge is -2.23. The van der Waals surface area contributed by atoms with Crippen molar-refractivity contribution in [2.75, 3.05) is 0 Å². The molecule has 0 amide bonds. The SMILES string of the molecule is O=C(O[C@@H]1C=C[C@@H](OCc2ccccc2)CC1)c1ccc(Br)cc1. The minimum atomic E-state index is -0.291. The molecular weight excluding hydrogens is 368 g/mol. The number of hydrogen-bond acceptors (Lipinski definition) is 3. The van der Waals surface area contributed by atoms with Gasteiger partial charge in [0.05, 0.1) is 18.3 Å². The molecule has 3 rings (SSSR count). The van der Waals surface area contributed by atoms with Crippen LogP contribution in [0.1, 0.15) is 28.8 Å². The number of carbonyl (C=O) groups is 1. The van der Waals surface area contributed by atoms with Gasteiger partial charge in [-0.05, 0) is 48.7 Å². The highest BCUT2D eigenvalue weighted by atomic mass is 79.9. The zero-order chi connectivity index (χ0) is 16.8. The average Bonchev–Trinajstić information content (AvgIpc) is 2.62. The monoisotopic (exact) mass is 386 g/mol. The Kier molecular flexibility index (Phi) is 5.83. The van der Waals surface area contributed by atoms with Crippen molar-refractivity contribution in [2.45, 2.75) is 31.7 Å². The van der Waals surface area contributed by atoms with Gasteiger partial charge in [0.2, 0.25) is 0 Å². The van der Waals surface area contributed by atoms with Crippen LogP contribution in [-0.4, -0.2) is 18.2 Å². The second-order valence-corrected chi connectivity index (χ2v) is 6.66. The maximum atomic E-state index is 12.1. The van der Waals surface area contributed by atoms with Crippen LogP contribution in [0.3, 0.4) is 0 Å². The zero-order valence-corrected chi connectivity index (χ0v) is 14.8.